The third kappa shape index (κ3) is 5.34. The lowest BCUT2D eigenvalue weighted by molar-refractivity contribution is -0.142. The Labute approximate surface area is 171 Å². The predicted molar refractivity (Wildman–Crippen MR) is 109 cm³/mol. The van der Waals surface area contributed by atoms with Crippen LogP contribution < -0.4 is 4.72 Å². The molecule has 1 N–H and O–H groups in total. The molecule has 1 aliphatic carbocycles. The normalized spacial score (nSPS) is 16.4. The van der Waals surface area contributed by atoms with Crippen molar-refractivity contribution in [2.75, 3.05) is 13.2 Å². The van der Waals surface area contributed by atoms with Crippen molar-refractivity contribution in [1.29, 1.82) is 0 Å². The number of sulfonamides is 1. The van der Waals surface area contributed by atoms with Crippen molar-refractivity contribution in [2.24, 2.45) is 5.92 Å². The van der Waals surface area contributed by atoms with Crippen LogP contribution in [0.5, 0.6) is 0 Å². The molecule has 0 aromatic heterocycles. The molecule has 0 amide bonds. The van der Waals surface area contributed by atoms with E-state index in [1.165, 1.54) is 23.3 Å². The Morgan fingerprint density at radius 1 is 1.18 bits per heavy atom. The van der Waals surface area contributed by atoms with Crippen LogP contribution in [0.3, 0.4) is 0 Å². The van der Waals surface area contributed by atoms with Crippen LogP contribution in [0.25, 0.3) is 0 Å². The van der Waals surface area contributed by atoms with E-state index in [0.717, 1.165) is 24.8 Å². The van der Waals surface area contributed by atoms with Gasteiger partial charge in [-0.05, 0) is 73.1 Å². The number of halogens is 1. The van der Waals surface area contributed by atoms with Gasteiger partial charge in [0, 0.05) is 11.6 Å². The second-order valence-electron chi connectivity index (χ2n) is 7.00. The van der Waals surface area contributed by atoms with Gasteiger partial charge in [-0.3, -0.25) is 4.79 Å². The minimum absolute atomic E-state index is 0.215. The van der Waals surface area contributed by atoms with Crippen LogP contribution in [0.4, 0.5) is 0 Å². The van der Waals surface area contributed by atoms with Crippen molar-refractivity contribution in [3.63, 3.8) is 0 Å². The number of carbonyl (C=O) groups is 1. The van der Waals surface area contributed by atoms with E-state index in [9.17, 15) is 13.2 Å². The molecular formula is C21H24ClNO4S. The Bertz CT molecular complexity index is 941. The van der Waals surface area contributed by atoms with Gasteiger partial charge in [0.25, 0.3) is 0 Å². The minimum atomic E-state index is -3.54. The lowest BCUT2D eigenvalue weighted by atomic mass is 9.83. The molecule has 2 aromatic rings. The Hall–Kier alpha value is -1.89. The van der Waals surface area contributed by atoms with Crippen LogP contribution in [-0.2, 0) is 38.8 Å². The second kappa shape index (κ2) is 9.07. The van der Waals surface area contributed by atoms with Gasteiger partial charge in [-0.2, -0.15) is 0 Å². The topological polar surface area (TPSA) is 72.5 Å². The first kappa shape index (κ1) is 20.8. The summed E-state index contributed by atoms with van der Waals surface area (Å²) in [5.41, 5.74) is 3.41. The molecule has 1 aliphatic rings. The zero-order chi connectivity index (χ0) is 20.1. The van der Waals surface area contributed by atoms with E-state index in [4.69, 9.17) is 16.3 Å². The van der Waals surface area contributed by atoms with Gasteiger partial charge in [-0.15, -0.1) is 0 Å². The van der Waals surface area contributed by atoms with E-state index >= 15 is 0 Å². The monoisotopic (exact) mass is 421 g/mol. The van der Waals surface area contributed by atoms with Crippen molar-refractivity contribution in [2.45, 2.75) is 37.5 Å². The minimum Gasteiger partial charge on any atom is -0.466 e. The van der Waals surface area contributed by atoms with Gasteiger partial charge in [-0.1, -0.05) is 29.8 Å². The number of carbonyl (C=O) groups excluding carboxylic acids is 1. The van der Waals surface area contributed by atoms with Crippen LogP contribution >= 0.6 is 11.6 Å². The molecule has 1 atom stereocenters. The molecule has 0 fully saturated rings. The van der Waals surface area contributed by atoms with E-state index < -0.39 is 10.0 Å². The second-order valence-corrected chi connectivity index (χ2v) is 9.20. The number of nitrogens with one attached hydrogen (secondary N) is 1. The smallest absolute Gasteiger partial charge is 0.310 e. The highest BCUT2D eigenvalue weighted by molar-refractivity contribution is 7.89. The van der Waals surface area contributed by atoms with Gasteiger partial charge >= 0.3 is 5.97 Å². The average Bonchev–Trinajstić information content (AvgIpc) is 2.67. The van der Waals surface area contributed by atoms with Crippen molar-refractivity contribution in [1.82, 2.24) is 4.72 Å². The number of ether oxygens (including phenoxy) is 1. The number of benzene rings is 2. The quantitative estimate of drug-likeness (QED) is 0.694. The van der Waals surface area contributed by atoms with E-state index in [0.29, 0.717) is 18.2 Å². The summed E-state index contributed by atoms with van der Waals surface area (Å²) in [5.74, 6) is 0.0261. The summed E-state index contributed by atoms with van der Waals surface area (Å²) >= 11 is 5.82. The summed E-state index contributed by atoms with van der Waals surface area (Å²) in [6.07, 6.45) is 2.88. The third-order valence-electron chi connectivity index (χ3n) is 4.94. The molecule has 28 heavy (non-hydrogen) atoms. The zero-order valence-electron chi connectivity index (χ0n) is 15.8. The van der Waals surface area contributed by atoms with Crippen molar-refractivity contribution < 1.29 is 17.9 Å². The highest BCUT2D eigenvalue weighted by atomic mass is 35.5. The lowest BCUT2D eigenvalue weighted by Gasteiger charge is -2.25. The largest absolute Gasteiger partial charge is 0.466 e. The third-order valence-corrected chi connectivity index (χ3v) is 6.63. The molecule has 7 heteroatoms. The number of esters is 1. The zero-order valence-corrected chi connectivity index (χ0v) is 17.4. The van der Waals surface area contributed by atoms with Crippen LogP contribution in [0.2, 0.25) is 5.02 Å². The summed E-state index contributed by atoms with van der Waals surface area (Å²) in [7, 11) is -3.54. The average molecular weight is 422 g/mol. The molecule has 0 aliphatic heterocycles. The van der Waals surface area contributed by atoms with E-state index in [1.807, 2.05) is 12.1 Å². The highest BCUT2D eigenvalue weighted by Gasteiger charge is 2.22. The predicted octanol–water partition coefficient (Wildman–Crippen LogP) is 3.53. The van der Waals surface area contributed by atoms with Crippen molar-refractivity contribution >= 4 is 27.6 Å². The maximum Gasteiger partial charge on any atom is 0.310 e. The molecule has 5 nitrogen and oxygen atoms in total. The fourth-order valence-electron chi connectivity index (χ4n) is 3.47. The molecule has 1 unspecified atom stereocenters. The Balaban J connectivity index is 1.59. The molecule has 0 radical (unpaired) electrons. The van der Waals surface area contributed by atoms with Crippen LogP contribution in [0.15, 0.2) is 47.4 Å². The lowest BCUT2D eigenvalue weighted by Crippen LogP contribution is -2.32. The number of fused-ring (bicyclic) bond motifs is 1. The number of hydrogen-bond donors (Lipinski definition) is 1. The van der Waals surface area contributed by atoms with Gasteiger partial charge in [-0.25, -0.2) is 13.1 Å². The van der Waals surface area contributed by atoms with Gasteiger partial charge in [0.1, 0.15) is 0 Å². The maximum atomic E-state index is 12.4. The summed E-state index contributed by atoms with van der Waals surface area (Å²) < 4.78 is 32.6. The number of rotatable bonds is 7. The van der Waals surface area contributed by atoms with Gasteiger partial charge in [0.05, 0.1) is 17.9 Å². The standard InChI is InChI=1S/C21H24ClNO4S/c1-2-27-21(24)13-15-3-5-18-12-16(4-6-17(18)11-15)14-23-28(25,26)20-9-7-19(22)8-10-20/h3,5,7-11,16,23H,2,4,6,12-14H2,1H3. The van der Waals surface area contributed by atoms with E-state index in [1.54, 1.807) is 19.1 Å². The molecule has 0 spiro atoms. The summed E-state index contributed by atoms with van der Waals surface area (Å²) in [6, 6.07) is 12.2. The van der Waals surface area contributed by atoms with Crippen LogP contribution in [0, 0.1) is 5.92 Å². The first-order valence-electron chi connectivity index (χ1n) is 9.39. The van der Waals surface area contributed by atoms with Gasteiger partial charge in [0.15, 0.2) is 0 Å². The number of hydrogen-bond acceptors (Lipinski definition) is 4. The van der Waals surface area contributed by atoms with Gasteiger partial charge in [0.2, 0.25) is 10.0 Å². The molecule has 3 rings (SSSR count). The first-order chi connectivity index (χ1) is 13.4. The first-order valence-corrected chi connectivity index (χ1v) is 11.2. The van der Waals surface area contributed by atoms with E-state index in [-0.39, 0.29) is 23.2 Å². The molecule has 2 aromatic carbocycles. The van der Waals surface area contributed by atoms with Crippen molar-refractivity contribution in [3.8, 4) is 0 Å². The highest BCUT2D eigenvalue weighted by Crippen LogP contribution is 2.27. The summed E-state index contributed by atoms with van der Waals surface area (Å²) in [4.78, 5) is 11.9. The molecule has 0 saturated heterocycles. The van der Waals surface area contributed by atoms with Crippen LogP contribution in [0.1, 0.15) is 30.0 Å². The molecule has 0 heterocycles. The number of aryl methyl sites for hydroxylation is 1. The Morgan fingerprint density at radius 3 is 2.64 bits per heavy atom. The molecule has 0 saturated carbocycles. The molecule has 150 valence electrons. The van der Waals surface area contributed by atoms with E-state index in [2.05, 4.69) is 10.8 Å². The Kier molecular flexibility index (Phi) is 6.75. The molecule has 0 bridgehead atoms. The summed E-state index contributed by atoms with van der Waals surface area (Å²) in [6.45, 7) is 2.58. The Morgan fingerprint density at radius 2 is 1.93 bits per heavy atom. The maximum absolute atomic E-state index is 12.4. The SMILES string of the molecule is CCOC(=O)Cc1ccc2c(c1)CCC(CNS(=O)(=O)c1ccc(Cl)cc1)C2. The summed E-state index contributed by atoms with van der Waals surface area (Å²) in [5, 5.41) is 0.505. The fraction of sp³-hybridized carbons (Fsp3) is 0.381. The van der Waals surface area contributed by atoms with Crippen LogP contribution in [-0.4, -0.2) is 27.5 Å². The molecular weight excluding hydrogens is 398 g/mol. The van der Waals surface area contributed by atoms with Gasteiger partial charge < -0.3 is 4.74 Å². The van der Waals surface area contributed by atoms with Crippen molar-refractivity contribution in [3.05, 3.63) is 64.2 Å². The fourth-order valence-corrected chi connectivity index (χ4v) is 4.71.